The number of pyridine rings is 1. The number of nitriles is 1. The van der Waals surface area contributed by atoms with Gasteiger partial charge in [0, 0.05) is 17.3 Å². The van der Waals surface area contributed by atoms with Gasteiger partial charge in [0.2, 0.25) is 0 Å². The number of para-hydroxylation sites is 2. The first kappa shape index (κ1) is 12.5. The molecule has 0 aliphatic heterocycles. The normalized spacial score (nSPS) is 10.2. The Hall–Kier alpha value is -2.57. The third kappa shape index (κ3) is 2.18. The number of rotatable bonds is 2. The van der Waals surface area contributed by atoms with Crippen molar-refractivity contribution in [2.75, 3.05) is 5.32 Å². The fraction of sp³-hybridized carbons (Fsp3) is 0. The van der Waals surface area contributed by atoms with Crippen molar-refractivity contribution in [2.45, 2.75) is 0 Å². The predicted molar refractivity (Wildman–Crippen MR) is 81.2 cm³/mol. The molecule has 1 N–H and O–H groups in total. The van der Waals surface area contributed by atoms with E-state index >= 15 is 0 Å². The van der Waals surface area contributed by atoms with Crippen LogP contribution in [0.3, 0.4) is 0 Å². The molecular formula is C16H10ClN3. The zero-order valence-corrected chi connectivity index (χ0v) is 11.2. The third-order valence-corrected chi connectivity index (χ3v) is 3.34. The molecule has 1 aromatic heterocycles. The molecule has 4 heteroatoms. The summed E-state index contributed by atoms with van der Waals surface area (Å²) in [5.74, 6) is 0. The Morgan fingerprint density at radius 3 is 2.70 bits per heavy atom. The molecule has 0 spiro atoms. The van der Waals surface area contributed by atoms with Gasteiger partial charge >= 0.3 is 0 Å². The van der Waals surface area contributed by atoms with Crippen molar-refractivity contribution in [3.63, 3.8) is 0 Å². The molecule has 0 fully saturated rings. The lowest BCUT2D eigenvalue weighted by atomic mass is 10.1. The lowest BCUT2D eigenvalue weighted by Crippen LogP contribution is -1.95. The molecule has 20 heavy (non-hydrogen) atoms. The summed E-state index contributed by atoms with van der Waals surface area (Å²) in [5, 5.41) is 13.9. The van der Waals surface area contributed by atoms with E-state index in [2.05, 4.69) is 16.4 Å². The molecular weight excluding hydrogens is 270 g/mol. The van der Waals surface area contributed by atoms with Gasteiger partial charge in [0.15, 0.2) is 0 Å². The molecule has 0 saturated carbocycles. The van der Waals surface area contributed by atoms with Crippen LogP contribution in [-0.2, 0) is 0 Å². The van der Waals surface area contributed by atoms with E-state index in [0.29, 0.717) is 10.6 Å². The smallest absolute Gasteiger partial charge is 0.101 e. The lowest BCUT2D eigenvalue weighted by molar-refractivity contribution is 1.40. The topological polar surface area (TPSA) is 48.7 Å². The van der Waals surface area contributed by atoms with Crippen LogP contribution in [0.25, 0.3) is 10.9 Å². The first-order valence-corrected chi connectivity index (χ1v) is 6.47. The molecule has 2 aromatic carbocycles. The van der Waals surface area contributed by atoms with E-state index in [1.54, 1.807) is 12.3 Å². The van der Waals surface area contributed by atoms with Crippen LogP contribution in [0, 0.1) is 11.3 Å². The molecule has 3 aromatic rings. The van der Waals surface area contributed by atoms with E-state index in [-0.39, 0.29) is 0 Å². The van der Waals surface area contributed by atoms with Crippen molar-refractivity contribution in [3.05, 3.63) is 65.3 Å². The van der Waals surface area contributed by atoms with Gasteiger partial charge in [-0.3, -0.25) is 4.98 Å². The Labute approximate surface area is 121 Å². The highest BCUT2D eigenvalue weighted by molar-refractivity contribution is 6.35. The fourth-order valence-electron chi connectivity index (χ4n) is 2.08. The van der Waals surface area contributed by atoms with Gasteiger partial charge in [-0.1, -0.05) is 35.9 Å². The Morgan fingerprint density at radius 2 is 1.85 bits per heavy atom. The largest absolute Gasteiger partial charge is 0.354 e. The maximum atomic E-state index is 9.13. The Balaban J connectivity index is 2.12. The number of anilines is 2. The Bertz CT molecular complexity index is 821. The highest BCUT2D eigenvalue weighted by atomic mass is 35.5. The van der Waals surface area contributed by atoms with E-state index in [1.807, 2.05) is 42.5 Å². The summed E-state index contributed by atoms with van der Waals surface area (Å²) in [5.41, 5.74) is 2.98. The second kappa shape index (κ2) is 5.20. The predicted octanol–water partition coefficient (Wildman–Crippen LogP) is 4.50. The summed E-state index contributed by atoms with van der Waals surface area (Å²) < 4.78 is 0. The summed E-state index contributed by atoms with van der Waals surface area (Å²) in [7, 11) is 0. The van der Waals surface area contributed by atoms with Gasteiger partial charge in [-0.2, -0.15) is 5.26 Å². The average molecular weight is 280 g/mol. The van der Waals surface area contributed by atoms with Gasteiger partial charge in [0.1, 0.15) is 6.07 Å². The number of aromatic nitrogens is 1. The molecule has 0 aliphatic carbocycles. The van der Waals surface area contributed by atoms with Crippen LogP contribution in [0.5, 0.6) is 0 Å². The molecule has 3 nitrogen and oxygen atoms in total. The highest BCUT2D eigenvalue weighted by Gasteiger charge is 2.07. The molecule has 0 aliphatic rings. The van der Waals surface area contributed by atoms with Gasteiger partial charge in [-0.15, -0.1) is 0 Å². The second-order valence-corrected chi connectivity index (χ2v) is 4.68. The number of nitrogens with one attached hydrogen (secondary N) is 1. The molecule has 0 unspecified atom stereocenters. The zero-order chi connectivity index (χ0) is 13.9. The molecule has 0 atom stereocenters. The summed E-state index contributed by atoms with van der Waals surface area (Å²) in [6, 6.07) is 17.1. The summed E-state index contributed by atoms with van der Waals surface area (Å²) in [4.78, 5) is 4.29. The first-order valence-electron chi connectivity index (χ1n) is 6.09. The minimum atomic E-state index is 0.597. The van der Waals surface area contributed by atoms with Gasteiger partial charge < -0.3 is 5.32 Å². The number of hydrogen-bond acceptors (Lipinski definition) is 3. The monoisotopic (exact) mass is 279 g/mol. The molecule has 96 valence electrons. The number of hydrogen-bond donors (Lipinski definition) is 1. The van der Waals surface area contributed by atoms with Crippen molar-refractivity contribution in [2.24, 2.45) is 0 Å². The highest BCUT2D eigenvalue weighted by Crippen LogP contribution is 2.29. The zero-order valence-electron chi connectivity index (χ0n) is 10.5. The van der Waals surface area contributed by atoms with E-state index in [1.165, 1.54) is 0 Å². The van der Waals surface area contributed by atoms with Crippen LogP contribution in [0.15, 0.2) is 54.7 Å². The van der Waals surface area contributed by atoms with Crippen LogP contribution < -0.4 is 5.32 Å². The fourth-order valence-corrected chi connectivity index (χ4v) is 2.31. The van der Waals surface area contributed by atoms with Crippen molar-refractivity contribution in [1.82, 2.24) is 4.98 Å². The standard InChI is InChI=1S/C16H10ClN3/c17-13-6-3-5-12-15(8-9-19-16(12)13)20-14-7-2-1-4-11(14)10-18/h1-9H,(H,19,20). The number of halogens is 1. The maximum absolute atomic E-state index is 9.13. The van der Waals surface area contributed by atoms with Gasteiger partial charge in [-0.05, 0) is 24.3 Å². The summed E-state index contributed by atoms with van der Waals surface area (Å²) in [6.07, 6.45) is 1.70. The van der Waals surface area contributed by atoms with Gasteiger partial charge in [0.25, 0.3) is 0 Å². The summed E-state index contributed by atoms with van der Waals surface area (Å²) in [6.45, 7) is 0. The van der Waals surface area contributed by atoms with Gasteiger partial charge in [-0.25, -0.2) is 0 Å². The molecule has 0 bridgehead atoms. The SMILES string of the molecule is N#Cc1ccccc1Nc1ccnc2c(Cl)cccc12. The molecule has 1 heterocycles. The maximum Gasteiger partial charge on any atom is 0.101 e. The van der Waals surface area contributed by atoms with Crippen molar-refractivity contribution in [3.8, 4) is 6.07 Å². The molecule has 3 rings (SSSR count). The first-order chi connectivity index (χ1) is 9.79. The Morgan fingerprint density at radius 1 is 1.00 bits per heavy atom. The van der Waals surface area contributed by atoms with E-state index < -0.39 is 0 Å². The van der Waals surface area contributed by atoms with Crippen LogP contribution >= 0.6 is 11.6 Å². The van der Waals surface area contributed by atoms with Gasteiger partial charge in [0.05, 0.1) is 21.8 Å². The van der Waals surface area contributed by atoms with Crippen LogP contribution in [0.2, 0.25) is 5.02 Å². The molecule has 0 radical (unpaired) electrons. The average Bonchev–Trinajstić information content (AvgIpc) is 2.49. The third-order valence-electron chi connectivity index (χ3n) is 3.04. The van der Waals surface area contributed by atoms with Crippen molar-refractivity contribution < 1.29 is 0 Å². The number of benzene rings is 2. The van der Waals surface area contributed by atoms with Crippen LogP contribution in [0.1, 0.15) is 5.56 Å². The number of nitrogens with zero attached hydrogens (tertiary/aromatic N) is 2. The molecule has 0 saturated heterocycles. The minimum absolute atomic E-state index is 0.597. The quantitative estimate of drug-likeness (QED) is 0.751. The van der Waals surface area contributed by atoms with E-state index in [0.717, 1.165) is 22.3 Å². The lowest BCUT2D eigenvalue weighted by Gasteiger charge is -2.11. The van der Waals surface area contributed by atoms with E-state index in [4.69, 9.17) is 16.9 Å². The Kier molecular flexibility index (Phi) is 3.24. The van der Waals surface area contributed by atoms with Crippen LogP contribution in [-0.4, -0.2) is 4.98 Å². The van der Waals surface area contributed by atoms with E-state index in [9.17, 15) is 0 Å². The second-order valence-electron chi connectivity index (χ2n) is 4.28. The number of fused-ring (bicyclic) bond motifs is 1. The minimum Gasteiger partial charge on any atom is -0.354 e. The molecule has 0 amide bonds. The van der Waals surface area contributed by atoms with Crippen molar-refractivity contribution >= 4 is 33.9 Å². The van der Waals surface area contributed by atoms with Crippen LogP contribution in [0.4, 0.5) is 11.4 Å². The van der Waals surface area contributed by atoms with Crippen molar-refractivity contribution in [1.29, 1.82) is 5.26 Å². The summed E-state index contributed by atoms with van der Waals surface area (Å²) >= 11 is 6.15.